The molecule has 1 aromatic carbocycles. The maximum atomic E-state index is 12.3. The fourth-order valence-corrected chi connectivity index (χ4v) is 3.37. The first-order valence-corrected chi connectivity index (χ1v) is 9.13. The number of hydrogen-bond acceptors (Lipinski definition) is 5. The Morgan fingerprint density at radius 1 is 1.31 bits per heavy atom. The third-order valence-corrected chi connectivity index (χ3v) is 4.88. The quantitative estimate of drug-likeness (QED) is 0.789. The number of ether oxygens (including phenoxy) is 3. The zero-order valence-corrected chi connectivity index (χ0v) is 16.3. The number of carbonyl (C=O) groups is 1. The van der Waals surface area contributed by atoms with E-state index >= 15 is 0 Å². The highest BCUT2D eigenvalue weighted by Gasteiger charge is 2.23. The lowest BCUT2D eigenvalue weighted by molar-refractivity contribution is -0.126. The lowest BCUT2D eigenvalue weighted by Gasteiger charge is -2.25. The second-order valence-corrected chi connectivity index (χ2v) is 6.75. The molecule has 0 radical (unpaired) electrons. The molecule has 1 saturated heterocycles. The highest BCUT2D eigenvalue weighted by molar-refractivity contribution is 5.85. The summed E-state index contributed by atoms with van der Waals surface area (Å²) in [7, 11) is 1.65. The van der Waals surface area contributed by atoms with Gasteiger partial charge in [-0.2, -0.15) is 0 Å². The maximum absolute atomic E-state index is 12.3. The van der Waals surface area contributed by atoms with Crippen molar-refractivity contribution in [3.8, 4) is 11.5 Å². The highest BCUT2D eigenvalue weighted by Crippen LogP contribution is 2.33. The van der Waals surface area contributed by atoms with Gasteiger partial charge in [0.05, 0.1) is 32.5 Å². The first-order chi connectivity index (χ1) is 12.2. The molecule has 1 saturated carbocycles. The van der Waals surface area contributed by atoms with Crippen molar-refractivity contribution in [2.75, 3.05) is 26.9 Å². The van der Waals surface area contributed by atoms with Crippen LogP contribution in [0.4, 0.5) is 0 Å². The van der Waals surface area contributed by atoms with Crippen LogP contribution >= 0.6 is 12.4 Å². The number of methoxy groups -OCH3 is 1. The van der Waals surface area contributed by atoms with Gasteiger partial charge >= 0.3 is 0 Å². The van der Waals surface area contributed by atoms with E-state index in [4.69, 9.17) is 14.2 Å². The number of hydrogen-bond donors (Lipinski definition) is 2. The molecule has 2 fully saturated rings. The molecule has 7 heteroatoms. The maximum Gasteiger partial charge on any atom is 0.240 e. The average molecular weight is 385 g/mol. The second kappa shape index (κ2) is 10.00. The minimum absolute atomic E-state index is 0. The van der Waals surface area contributed by atoms with Crippen LogP contribution in [0.25, 0.3) is 0 Å². The molecule has 1 aromatic rings. The Labute approximate surface area is 161 Å². The van der Waals surface area contributed by atoms with Gasteiger partial charge in [-0.25, -0.2) is 0 Å². The van der Waals surface area contributed by atoms with Crippen molar-refractivity contribution in [1.29, 1.82) is 0 Å². The van der Waals surface area contributed by atoms with E-state index < -0.39 is 0 Å². The minimum atomic E-state index is -0.289. The zero-order chi connectivity index (χ0) is 17.6. The van der Waals surface area contributed by atoms with Gasteiger partial charge in [-0.05, 0) is 50.3 Å². The van der Waals surface area contributed by atoms with E-state index in [9.17, 15) is 4.79 Å². The molecule has 2 unspecified atom stereocenters. The summed E-state index contributed by atoms with van der Waals surface area (Å²) in [4.78, 5) is 12.3. The molecule has 1 aliphatic heterocycles. The molecule has 1 amide bonds. The van der Waals surface area contributed by atoms with Gasteiger partial charge in [0.25, 0.3) is 0 Å². The summed E-state index contributed by atoms with van der Waals surface area (Å²) in [6.07, 6.45) is 4.95. The van der Waals surface area contributed by atoms with Gasteiger partial charge in [0, 0.05) is 6.54 Å². The van der Waals surface area contributed by atoms with Crippen molar-refractivity contribution >= 4 is 18.3 Å². The van der Waals surface area contributed by atoms with Crippen LogP contribution in [0.3, 0.4) is 0 Å². The Balaban J connectivity index is 0.00000243. The Hall–Kier alpha value is -1.50. The SMILES string of the molecule is COc1cc(C(C)NC(=O)C2COCCN2)ccc1OC1CCCC1.Cl. The smallest absolute Gasteiger partial charge is 0.240 e. The molecule has 2 aliphatic rings. The fraction of sp³-hybridized carbons (Fsp3) is 0.632. The van der Waals surface area contributed by atoms with Crippen molar-refractivity contribution in [3.63, 3.8) is 0 Å². The molecular weight excluding hydrogens is 356 g/mol. The van der Waals surface area contributed by atoms with Crippen LogP contribution in [-0.4, -0.2) is 44.9 Å². The molecule has 0 bridgehead atoms. The van der Waals surface area contributed by atoms with E-state index in [1.165, 1.54) is 12.8 Å². The molecule has 1 aliphatic carbocycles. The van der Waals surface area contributed by atoms with Crippen LogP contribution in [0.2, 0.25) is 0 Å². The zero-order valence-electron chi connectivity index (χ0n) is 15.5. The summed E-state index contributed by atoms with van der Waals surface area (Å²) in [5.74, 6) is 1.45. The van der Waals surface area contributed by atoms with Crippen LogP contribution in [0.15, 0.2) is 18.2 Å². The van der Waals surface area contributed by atoms with Crippen molar-refractivity contribution in [1.82, 2.24) is 10.6 Å². The van der Waals surface area contributed by atoms with Gasteiger partial charge in [0.2, 0.25) is 5.91 Å². The van der Waals surface area contributed by atoms with E-state index in [0.29, 0.717) is 25.5 Å². The molecular formula is C19H29ClN2O4. The van der Waals surface area contributed by atoms with Crippen molar-refractivity contribution in [2.24, 2.45) is 0 Å². The fourth-order valence-electron chi connectivity index (χ4n) is 3.37. The van der Waals surface area contributed by atoms with Crippen molar-refractivity contribution in [2.45, 2.75) is 50.8 Å². The molecule has 26 heavy (non-hydrogen) atoms. The van der Waals surface area contributed by atoms with Crippen LogP contribution in [-0.2, 0) is 9.53 Å². The third kappa shape index (κ3) is 5.25. The first kappa shape index (κ1) is 20.8. The molecule has 2 N–H and O–H groups in total. The van der Waals surface area contributed by atoms with E-state index in [0.717, 1.165) is 24.2 Å². The lowest BCUT2D eigenvalue weighted by Crippen LogP contribution is -2.51. The van der Waals surface area contributed by atoms with Gasteiger partial charge in [-0.1, -0.05) is 6.07 Å². The molecule has 3 rings (SSSR count). The number of amides is 1. The summed E-state index contributed by atoms with van der Waals surface area (Å²) in [6.45, 7) is 3.73. The van der Waals surface area contributed by atoms with E-state index in [1.54, 1.807) is 7.11 Å². The normalized spacial score (nSPS) is 21.5. The average Bonchev–Trinajstić information content (AvgIpc) is 3.15. The first-order valence-electron chi connectivity index (χ1n) is 9.13. The summed E-state index contributed by atoms with van der Waals surface area (Å²) in [6, 6.07) is 5.47. The molecule has 0 spiro atoms. The summed E-state index contributed by atoms with van der Waals surface area (Å²) in [5.41, 5.74) is 0.987. The van der Waals surface area contributed by atoms with Crippen LogP contribution in [0, 0.1) is 0 Å². The van der Waals surface area contributed by atoms with E-state index in [-0.39, 0.29) is 36.5 Å². The van der Waals surface area contributed by atoms with Gasteiger partial charge in [-0.15, -0.1) is 12.4 Å². The number of carbonyl (C=O) groups excluding carboxylic acids is 1. The summed E-state index contributed by atoms with van der Waals surface area (Å²) < 4.78 is 16.9. The van der Waals surface area contributed by atoms with Crippen LogP contribution < -0.4 is 20.1 Å². The van der Waals surface area contributed by atoms with Gasteiger partial charge in [0.1, 0.15) is 6.04 Å². The predicted molar refractivity (Wildman–Crippen MR) is 102 cm³/mol. The minimum Gasteiger partial charge on any atom is -0.493 e. The summed E-state index contributed by atoms with van der Waals surface area (Å²) in [5, 5.41) is 6.20. The highest BCUT2D eigenvalue weighted by atomic mass is 35.5. The molecule has 1 heterocycles. The second-order valence-electron chi connectivity index (χ2n) is 6.75. The van der Waals surface area contributed by atoms with Gasteiger partial charge < -0.3 is 24.8 Å². The Bertz CT molecular complexity index is 587. The van der Waals surface area contributed by atoms with E-state index in [1.807, 2.05) is 25.1 Å². The molecule has 6 nitrogen and oxygen atoms in total. The molecule has 0 aromatic heterocycles. The molecule has 146 valence electrons. The summed E-state index contributed by atoms with van der Waals surface area (Å²) >= 11 is 0. The van der Waals surface area contributed by atoms with Crippen molar-refractivity contribution < 1.29 is 19.0 Å². The lowest BCUT2D eigenvalue weighted by atomic mass is 10.1. The standard InChI is InChI=1S/C19H28N2O4.ClH/c1-13(21-19(22)16-12-24-10-9-20-16)14-7-8-17(18(11-14)23-2)25-15-5-3-4-6-15;/h7-8,11,13,15-16,20H,3-6,9-10,12H2,1-2H3,(H,21,22);1H. The number of benzene rings is 1. The largest absolute Gasteiger partial charge is 0.493 e. The number of rotatable bonds is 6. The number of morpholine rings is 1. The predicted octanol–water partition coefficient (Wildman–Crippen LogP) is 2.60. The van der Waals surface area contributed by atoms with Crippen LogP contribution in [0.1, 0.15) is 44.2 Å². The van der Waals surface area contributed by atoms with Gasteiger partial charge in [-0.3, -0.25) is 4.79 Å². The van der Waals surface area contributed by atoms with Crippen molar-refractivity contribution in [3.05, 3.63) is 23.8 Å². The Morgan fingerprint density at radius 3 is 2.73 bits per heavy atom. The van der Waals surface area contributed by atoms with Gasteiger partial charge in [0.15, 0.2) is 11.5 Å². The number of halogens is 1. The van der Waals surface area contributed by atoms with Crippen LogP contribution in [0.5, 0.6) is 11.5 Å². The van der Waals surface area contributed by atoms with E-state index in [2.05, 4.69) is 10.6 Å². The Morgan fingerprint density at radius 2 is 2.08 bits per heavy atom. The topological polar surface area (TPSA) is 68.8 Å². The third-order valence-electron chi connectivity index (χ3n) is 4.88. The monoisotopic (exact) mass is 384 g/mol. The molecule has 2 atom stereocenters. The Kier molecular flexibility index (Phi) is 8.00. The number of nitrogens with one attached hydrogen (secondary N) is 2.